The molecule has 0 bridgehead atoms. The second-order valence-electron chi connectivity index (χ2n) is 6.14. The quantitative estimate of drug-likeness (QED) is 0.634. The Morgan fingerprint density at radius 1 is 1.15 bits per heavy atom. The molecule has 2 N–H and O–H groups in total. The molecule has 0 fully saturated rings. The molecule has 0 radical (unpaired) electrons. The number of rotatable bonds is 5. The number of aryl methyl sites for hydroxylation is 1. The van der Waals surface area contributed by atoms with Gasteiger partial charge in [-0.3, -0.25) is 4.68 Å². The number of nitrogens with zero attached hydrogens (tertiary/aromatic N) is 2. The van der Waals surface area contributed by atoms with Crippen molar-refractivity contribution in [2.45, 2.75) is 20.4 Å². The van der Waals surface area contributed by atoms with Crippen LogP contribution in [-0.2, 0) is 6.54 Å². The number of methoxy groups -OCH3 is 1. The van der Waals surface area contributed by atoms with Gasteiger partial charge in [0.25, 0.3) is 0 Å². The molecule has 0 unspecified atom stereocenters. The highest BCUT2D eigenvalue weighted by Gasteiger charge is 2.13. The van der Waals surface area contributed by atoms with Crippen LogP contribution in [0, 0.1) is 19.7 Å². The first kappa shape index (κ1) is 18.8. The lowest BCUT2D eigenvalue weighted by atomic mass is 10.2. The summed E-state index contributed by atoms with van der Waals surface area (Å²) < 4.78 is 20.5. The van der Waals surface area contributed by atoms with Crippen molar-refractivity contribution in [1.29, 1.82) is 0 Å². The minimum atomic E-state index is -0.318. The van der Waals surface area contributed by atoms with Crippen molar-refractivity contribution in [1.82, 2.24) is 9.78 Å². The third-order valence-electron chi connectivity index (χ3n) is 4.17. The number of thiocarbonyl (C=S) groups is 1. The summed E-state index contributed by atoms with van der Waals surface area (Å²) in [5.74, 6) is 0.495. The van der Waals surface area contributed by atoms with E-state index in [1.165, 1.54) is 12.1 Å². The molecule has 140 valence electrons. The van der Waals surface area contributed by atoms with Gasteiger partial charge in [-0.1, -0.05) is 18.2 Å². The SMILES string of the molecule is COc1cccc(Cn2nc(C)c(NC(=S)Nc3cccc(F)c3)c2C)c1. The normalized spacial score (nSPS) is 10.5. The molecule has 0 atom stereocenters. The van der Waals surface area contributed by atoms with Gasteiger partial charge in [-0.05, 0) is 62.0 Å². The van der Waals surface area contributed by atoms with Crippen LogP contribution in [0.15, 0.2) is 48.5 Å². The largest absolute Gasteiger partial charge is 0.497 e. The molecule has 3 rings (SSSR count). The lowest BCUT2D eigenvalue weighted by Gasteiger charge is -2.11. The number of anilines is 2. The Bertz CT molecular complexity index is 970. The Morgan fingerprint density at radius 2 is 1.93 bits per heavy atom. The number of hydrogen-bond acceptors (Lipinski definition) is 3. The second kappa shape index (κ2) is 8.18. The Morgan fingerprint density at radius 3 is 2.67 bits per heavy atom. The molecule has 1 heterocycles. The molecule has 0 aliphatic heterocycles. The fraction of sp³-hybridized carbons (Fsp3) is 0.200. The Kier molecular flexibility index (Phi) is 5.71. The van der Waals surface area contributed by atoms with Crippen LogP contribution in [-0.4, -0.2) is 22.0 Å². The van der Waals surface area contributed by atoms with Gasteiger partial charge in [0.05, 0.1) is 30.7 Å². The maximum atomic E-state index is 13.3. The van der Waals surface area contributed by atoms with Gasteiger partial charge in [-0.15, -0.1) is 0 Å². The molecular formula is C20H21FN4OS. The number of nitrogens with one attached hydrogen (secondary N) is 2. The summed E-state index contributed by atoms with van der Waals surface area (Å²) in [6, 6.07) is 14.0. The van der Waals surface area contributed by atoms with Crippen molar-refractivity contribution in [2.75, 3.05) is 17.7 Å². The number of halogens is 1. The summed E-state index contributed by atoms with van der Waals surface area (Å²) in [7, 11) is 1.65. The average molecular weight is 384 g/mol. The zero-order chi connectivity index (χ0) is 19.4. The summed E-state index contributed by atoms with van der Waals surface area (Å²) in [4.78, 5) is 0. The van der Waals surface area contributed by atoms with Gasteiger partial charge in [0.2, 0.25) is 0 Å². The van der Waals surface area contributed by atoms with E-state index in [4.69, 9.17) is 17.0 Å². The van der Waals surface area contributed by atoms with Gasteiger partial charge in [0.15, 0.2) is 5.11 Å². The van der Waals surface area contributed by atoms with Crippen LogP contribution < -0.4 is 15.4 Å². The average Bonchev–Trinajstić information content (AvgIpc) is 2.89. The molecule has 0 aliphatic carbocycles. The third kappa shape index (κ3) is 4.62. The Hall–Kier alpha value is -2.93. The van der Waals surface area contributed by atoms with Crippen LogP contribution in [0.1, 0.15) is 17.0 Å². The summed E-state index contributed by atoms with van der Waals surface area (Å²) in [6.07, 6.45) is 0. The van der Waals surface area contributed by atoms with Gasteiger partial charge in [0.1, 0.15) is 11.6 Å². The van der Waals surface area contributed by atoms with Crippen molar-refractivity contribution in [3.05, 3.63) is 71.3 Å². The lowest BCUT2D eigenvalue weighted by molar-refractivity contribution is 0.414. The van der Waals surface area contributed by atoms with Crippen molar-refractivity contribution < 1.29 is 9.13 Å². The van der Waals surface area contributed by atoms with E-state index in [2.05, 4.69) is 15.7 Å². The van der Waals surface area contributed by atoms with Crippen molar-refractivity contribution >= 4 is 28.7 Å². The van der Waals surface area contributed by atoms with Crippen LogP contribution in [0.3, 0.4) is 0 Å². The van der Waals surface area contributed by atoms with Crippen LogP contribution >= 0.6 is 12.2 Å². The topological polar surface area (TPSA) is 51.1 Å². The fourth-order valence-corrected chi connectivity index (χ4v) is 3.04. The summed E-state index contributed by atoms with van der Waals surface area (Å²) in [5, 5.41) is 11.1. The molecule has 1 aromatic heterocycles. The number of hydrogen-bond donors (Lipinski definition) is 2. The standard InChI is InChI=1S/C20H21FN4OS/c1-13-19(23-20(27)22-17-8-5-7-16(21)11-17)14(2)25(24-13)12-15-6-4-9-18(10-15)26-3/h4-11H,12H2,1-3H3,(H2,22,23,27). The zero-order valence-electron chi connectivity index (χ0n) is 15.4. The third-order valence-corrected chi connectivity index (χ3v) is 4.37. The number of aromatic nitrogens is 2. The number of ether oxygens (including phenoxy) is 1. The van der Waals surface area contributed by atoms with E-state index in [-0.39, 0.29) is 5.82 Å². The number of benzene rings is 2. The maximum absolute atomic E-state index is 13.3. The molecule has 0 saturated carbocycles. The molecule has 0 amide bonds. The van der Waals surface area contributed by atoms with Gasteiger partial charge in [-0.2, -0.15) is 5.10 Å². The summed E-state index contributed by atoms with van der Waals surface area (Å²) >= 11 is 5.35. The monoisotopic (exact) mass is 384 g/mol. The first-order valence-electron chi connectivity index (χ1n) is 8.47. The van der Waals surface area contributed by atoms with E-state index >= 15 is 0 Å². The van der Waals surface area contributed by atoms with E-state index in [0.29, 0.717) is 17.3 Å². The van der Waals surface area contributed by atoms with E-state index in [9.17, 15) is 4.39 Å². The maximum Gasteiger partial charge on any atom is 0.175 e. The summed E-state index contributed by atoms with van der Waals surface area (Å²) in [5.41, 5.74) is 4.31. The van der Waals surface area contributed by atoms with E-state index in [0.717, 1.165) is 28.4 Å². The van der Waals surface area contributed by atoms with Crippen molar-refractivity contribution in [2.24, 2.45) is 0 Å². The van der Waals surface area contributed by atoms with Gasteiger partial charge in [0, 0.05) is 5.69 Å². The second-order valence-corrected chi connectivity index (χ2v) is 6.55. The fourth-order valence-electron chi connectivity index (χ4n) is 2.82. The molecule has 3 aromatic rings. The van der Waals surface area contributed by atoms with E-state index in [1.807, 2.05) is 42.8 Å². The van der Waals surface area contributed by atoms with Gasteiger partial charge >= 0.3 is 0 Å². The highest BCUT2D eigenvalue weighted by molar-refractivity contribution is 7.80. The molecule has 2 aromatic carbocycles. The summed E-state index contributed by atoms with van der Waals surface area (Å²) in [6.45, 7) is 4.52. The van der Waals surface area contributed by atoms with Crippen molar-refractivity contribution in [3.63, 3.8) is 0 Å². The molecule has 0 aliphatic rings. The molecule has 27 heavy (non-hydrogen) atoms. The lowest BCUT2D eigenvalue weighted by Crippen LogP contribution is -2.20. The smallest absolute Gasteiger partial charge is 0.175 e. The van der Waals surface area contributed by atoms with Gasteiger partial charge < -0.3 is 15.4 Å². The van der Waals surface area contributed by atoms with Gasteiger partial charge in [-0.25, -0.2) is 4.39 Å². The Labute approximate surface area is 163 Å². The van der Waals surface area contributed by atoms with E-state index < -0.39 is 0 Å². The van der Waals surface area contributed by atoms with Crippen LogP contribution in [0.5, 0.6) is 5.75 Å². The van der Waals surface area contributed by atoms with Crippen LogP contribution in [0.4, 0.5) is 15.8 Å². The van der Waals surface area contributed by atoms with E-state index in [1.54, 1.807) is 19.2 Å². The first-order valence-corrected chi connectivity index (χ1v) is 8.87. The predicted molar refractivity (Wildman–Crippen MR) is 110 cm³/mol. The minimum Gasteiger partial charge on any atom is -0.497 e. The molecule has 0 saturated heterocycles. The highest BCUT2D eigenvalue weighted by atomic mass is 32.1. The molecule has 5 nitrogen and oxygen atoms in total. The molecule has 0 spiro atoms. The van der Waals surface area contributed by atoms with Crippen LogP contribution in [0.2, 0.25) is 0 Å². The zero-order valence-corrected chi connectivity index (χ0v) is 16.2. The Balaban J connectivity index is 1.74. The minimum absolute atomic E-state index is 0.318. The molecular weight excluding hydrogens is 363 g/mol. The first-order chi connectivity index (χ1) is 13.0. The van der Waals surface area contributed by atoms with Crippen molar-refractivity contribution in [3.8, 4) is 5.75 Å². The highest BCUT2D eigenvalue weighted by Crippen LogP contribution is 2.22. The molecule has 7 heteroatoms. The predicted octanol–water partition coefficient (Wildman–Crippen LogP) is 4.50. The van der Waals surface area contributed by atoms with Crippen LogP contribution in [0.25, 0.3) is 0 Å².